The molecule has 3 N–H and O–H groups in total. The van der Waals surface area contributed by atoms with Crippen LogP contribution in [0.1, 0.15) is 24.2 Å². The first kappa shape index (κ1) is 24.5. The average Bonchev–Trinajstić information content (AvgIpc) is 3.38. The number of hydrogen-bond acceptors (Lipinski definition) is 7. The minimum absolute atomic E-state index is 0.00729. The molecule has 4 aromatic heterocycles. The van der Waals surface area contributed by atoms with Crippen LogP contribution in [0, 0.1) is 12.8 Å². The first-order valence-corrected chi connectivity index (χ1v) is 12.5. The zero-order chi connectivity index (χ0) is 26.9. The van der Waals surface area contributed by atoms with E-state index >= 15 is 0 Å². The lowest BCUT2D eigenvalue weighted by molar-refractivity contribution is -0.141. The minimum atomic E-state index is -4.67. The molecule has 10 nitrogen and oxygen atoms in total. The predicted molar refractivity (Wildman–Crippen MR) is 135 cm³/mol. The van der Waals surface area contributed by atoms with Gasteiger partial charge in [0.2, 0.25) is 11.8 Å². The molecule has 3 atom stereocenters. The number of likely N-dealkylation sites (tertiary alicyclic amines) is 1. The van der Waals surface area contributed by atoms with Gasteiger partial charge in [0.15, 0.2) is 0 Å². The highest BCUT2D eigenvalue weighted by Crippen LogP contribution is 2.48. The van der Waals surface area contributed by atoms with Crippen LogP contribution < -0.4 is 11.1 Å². The van der Waals surface area contributed by atoms with Crippen LogP contribution in [0.15, 0.2) is 35.2 Å². The van der Waals surface area contributed by atoms with Crippen LogP contribution in [0.2, 0.25) is 0 Å². The number of aryl methyl sites for hydroxylation is 1. The fourth-order valence-electron chi connectivity index (χ4n) is 5.41. The minimum Gasteiger partial charge on any atom is -0.383 e. The summed E-state index contributed by atoms with van der Waals surface area (Å²) in [4.78, 5) is 44.6. The summed E-state index contributed by atoms with van der Waals surface area (Å²) >= 11 is 3.27. The smallest absolute Gasteiger partial charge is 0.383 e. The third-order valence-corrected chi connectivity index (χ3v) is 7.51. The Morgan fingerprint density at radius 3 is 2.74 bits per heavy atom. The van der Waals surface area contributed by atoms with Gasteiger partial charge in [0.1, 0.15) is 46.5 Å². The SMILES string of the molecule is Cc1nc(C(F)(F)F)cc2c3c(N)ncnc3n(CC(=O)N3[C@@H]4C[C@@H]4C[C@H]3C(=O)Nc3cccc(Br)n3)c12. The van der Waals surface area contributed by atoms with Crippen LogP contribution in [-0.4, -0.2) is 53.3 Å². The van der Waals surface area contributed by atoms with Crippen molar-refractivity contribution in [3.8, 4) is 0 Å². The van der Waals surface area contributed by atoms with E-state index in [9.17, 15) is 22.8 Å². The fourth-order valence-corrected chi connectivity index (χ4v) is 5.75. The zero-order valence-corrected chi connectivity index (χ0v) is 21.4. The van der Waals surface area contributed by atoms with Crippen molar-refractivity contribution in [2.24, 2.45) is 5.92 Å². The van der Waals surface area contributed by atoms with Gasteiger partial charge in [0.25, 0.3) is 0 Å². The summed E-state index contributed by atoms with van der Waals surface area (Å²) in [5, 5.41) is 3.14. The van der Waals surface area contributed by atoms with Crippen molar-refractivity contribution < 1.29 is 22.8 Å². The van der Waals surface area contributed by atoms with Crippen molar-refractivity contribution in [3.05, 3.63) is 46.6 Å². The number of halogens is 4. The van der Waals surface area contributed by atoms with Gasteiger partial charge in [-0.1, -0.05) is 6.07 Å². The summed E-state index contributed by atoms with van der Waals surface area (Å²) in [7, 11) is 0. The van der Waals surface area contributed by atoms with Gasteiger partial charge >= 0.3 is 6.18 Å². The van der Waals surface area contributed by atoms with E-state index in [2.05, 4.69) is 41.2 Å². The lowest BCUT2D eigenvalue weighted by Crippen LogP contribution is -2.46. The van der Waals surface area contributed by atoms with Crippen LogP contribution in [-0.2, 0) is 22.3 Å². The maximum absolute atomic E-state index is 13.7. The van der Waals surface area contributed by atoms with E-state index in [0.29, 0.717) is 22.4 Å². The van der Waals surface area contributed by atoms with Gasteiger partial charge in [0, 0.05) is 11.4 Å². The number of anilines is 2. The number of nitrogen functional groups attached to an aromatic ring is 1. The number of nitrogens with one attached hydrogen (secondary N) is 1. The Morgan fingerprint density at radius 1 is 1.21 bits per heavy atom. The van der Waals surface area contributed by atoms with Gasteiger partial charge in [-0.15, -0.1) is 0 Å². The highest BCUT2D eigenvalue weighted by Gasteiger charge is 2.56. The number of aromatic nitrogens is 5. The van der Waals surface area contributed by atoms with Crippen LogP contribution in [0.25, 0.3) is 21.9 Å². The van der Waals surface area contributed by atoms with E-state index < -0.39 is 17.9 Å². The molecular formula is C24H20BrF3N8O2. The number of alkyl halides is 3. The number of piperidine rings is 1. The van der Waals surface area contributed by atoms with Crippen molar-refractivity contribution in [1.29, 1.82) is 0 Å². The van der Waals surface area contributed by atoms with Crippen LogP contribution in [0.3, 0.4) is 0 Å². The maximum atomic E-state index is 13.7. The number of fused-ring (bicyclic) bond motifs is 4. The number of hydrogen-bond donors (Lipinski definition) is 2. The quantitative estimate of drug-likeness (QED) is 0.347. The molecular weight excluding hydrogens is 569 g/mol. The third kappa shape index (κ3) is 4.03. The number of rotatable bonds is 4. The van der Waals surface area contributed by atoms with E-state index in [4.69, 9.17) is 5.73 Å². The standard InChI is InChI=1S/C24H20BrF3N8O2/c1-10-20-12(7-15(32-10)24(26,27)28)19-21(29)30-9-31-22(19)35(20)8-18(37)36-13-5-11(13)6-14(36)23(38)34-17-4-2-3-16(25)33-17/h2-4,7,9,11,13-14H,5-6,8H2,1H3,(H2,29,30,31)(H,33,34,38)/t11-,13-,14+/m1/s1. The Morgan fingerprint density at radius 2 is 2.00 bits per heavy atom. The first-order chi connectivity index (χ1) is 18.0. The molecule has 2 aliphatic rings. The zero-order valence-electron chi connectivity index (χ0n) is 19.8. The number of nitrogens with zero attached hydrogens (tertiary/aromatic N) is 6. The molecule has 1 aliphatic heterocycles. The predicted octanol–water partition coefficient (Wildman–Crippen LogP) is 3.67. The average molecular weight is 589 g/mol. The number of nitrogens with two attached hydrogens (primary N) is 1. The molecule has 2 amide bonds. The number of carbonyl (C=O) groups is 2. The second-order valence-corrected chi connectivity index (χ2v) is 10.3. The second kappa shape index (κ2) is 8.61. The number of amides is 2. The van der Waals surface area contributed by atoms with Crippen molar-refractivity contribution in [1.82, 2.24) is 29.4 Å². The van der Waals surface area contributed by atoms with Gasteiger partial charge in [-0.2, -0.15) is 13.2 Å². The molecule has 14 heteroatoms. The third-order valence-electron chi connectivity index (χ3n) is 7.06. The summed E-state index contributed by atoms with van der Waals surface area (Å²) in [6, 6.07) is 5.25. The molecule has 196 valence electrons. The van der Waals surface area contributed by atoms with Crippen molar-refractivity contribution in [2.45, 2.75) is 44.6 Å². The topological polar surface area (TPSA) is 132 Å². The van der Waals surface area contributed by atoms with Gasteiger partial charge in [-0.25, -0.2) is 19.9 Å². The summed E-state index contributed by atoms with van der Waals surface area (Å²) in [5.74, 6) is -0.134. The van der Waals surface area contributed by atoms with E-state index in [-0.39, 0.29) is 58.3 Å². The molecule has 1 saturated heterocycles. The summed E-state index contributed by atoms with van der Waals surface area (Å²) < 4.78 is 42.6. The van der Waals surface area contributed by atoms with Crippen LogP contribution >= 0.6 is 15.9 Å². The fraction of sp³-hybridized carbons (Fsp3) is 0.333. The molecule has 2 fully saturated rings. The van der Waals surface area contributed by atoms with E-state index in [1.54, 1.807) is 23.1 Å². The van der Waals surface area contributed by atoms with Gasteiger partial charge in [0.05, 0.1) is 16.6 Å². The van der Waals surface area contributed by atoms with Gasteiger partial charge < -0.3 is 20.5 Å². The van der Waals surface area contributed by atoms with Crippen molar-refractivity contribution >= 4 is 61.3 Å². The number of carbonyl (C=O) groups excluding carboxylic acids is 2. The van der Waals surface area contributed by atoms with E-state index in [0.717, 1.165) is 12.5 Å². The number of pyridine rings is 2. The lowest BCUT2D eigenvalue weighted by atomic mass is 10.1. The molecule has 5 heterocycles. The molecule has 38 heavy (non-hydrogen) atoms. The lowest BCUT2D eigenvalue weighted by Gasteiger charge is -2.27. The van der Waals surface area contributed by atoms with Crippen molar-refractivity contribution in [3.63, 3.8) is 0 Å². The Labute approximate surface area is 221 Å². The van der Waals surface area contributed by atoms with Gasteiger partial charge in [-0.3, -0.25) is 9.59 Å². The second-order valence-electron chi connectivity index (χ2n) is 9.48. The first-order valence-electron chi connectivity index (χ1n) is 11.7. The molecule has 0 aromatic carbocycles. The van der Waals surface area contributed by atoms with Crippen LogP contribution in [0.4, 0.5) is 24.8 Å². The highest BCUT2D eigenvalue weighted by atomic mass is 79.9. The van der Waals surface area contributed by atoms with Crippen molar-refractivity contribution in [2.75, 3.05) is 11.1 Å². The molecule has 0 unspecified atom stereocenters. The normalized spacial score (nSPS) is 20.7. The molecule has 0 spiro atoms. The monoisotopic (exact) mass is 588 g/mol. The molecule has 0 radical (unpaired) electrons. The van der Waals surface area contributed by atoms with E-state index in [1.165, 1.54) is 17.8 Å². The molecule has 1 saturated carbocycles. The Kier molecular flexibility index (Phi) is 5.56. The van der Waals surface area contributed by atoms with E-state index in [1.807, 2.05) is 0 Å². The summed E-state index contributed by atoms with van der Waals surface area (Å²) in [6.45, 7) is 1.18. The van der Waals surface area contributed by atoms with Crippen LogP contribution in [0.5, 0.6) is 0 Å². The molecule has 6 rings (SSSR count). The molecule has 0 bridgehead atoms. The highest BCUT2D eigenvalue weighted by molar-refractivity contribution is 9.10. The Hall–Kier alpha value is -3.81. The Balaban J connectivity index is 1.37. The summed E-state index contributed by atoms with van der Waals surface area (Å²) in [6.07, 6.45) is -2.16. The Bertz CT molecular complexity index is 1640. The maximum Gasteiger partial charge on any atom is 0.433 e. The molecule has 1 aliphatic carbocycles. The largest absolute Gasteiger partial charge is 0.433 e. The van der Waals surface area contributed by atoms with Gasteiger partial charge in [-0.05, 0) is 59.8 Å². The summed E-state index contributed by atoms with van der Waals surface area (Å²) in [5.41, 5.74) is 5.57. The molecule has 4 aromatic rings.